The minimum absolute atomic E-state index is 0.132. The van der Waals surface area contributed by atoms with Crippen molar-refractivity contribution >= 4 is 46.0 Å². The molecular weight excluding hydrogens is 983 g/mol. The Labute approximate surface area is 456 Å². The number of H-pyrrole nitrogens is 1. The molecular formula is C62H69N9O7+2. The predicted octanol–water partition coefficient (Wildman–Crippen LogP) is 9.29. The van der Waals surface area contributed by atoms with Gasteiger partial charge in [0.1, 0.15) is 37.7 Å². The molecule has 5 aliphatic rings. The highest BCUT2D eigenvalue weighted by atomic mass is 16.6. The van der Waals surface area contributed by atoms with E-state index in [2.05, 4.69) is 120 Å². The first kappa shape index (κ1) is 54.3. The number of fused-ring (bicyclic) bond motifs is 5. The maximum atomic E-state index is 12.9. The Hall–Kier alpha value is -8.47. The van der Waals surface area contributed by atoms with Crippen LogP contribution in [-0.2, 0) is 33.0 Å². The smallest absolute Gasteiger partial charge is 0.410 e. The highest BCUT2D eigenvalue weighted by Crippen LogP contribution is 2.38. The summed E-state index contributed by atoms with van der Waals surface area (Å²) in [6.07, 6.45) is 28.1. The molecule has 0 atom stereocenters. The molecule has 0 spiro atoms. The number of pyridine rings is 2. The maximum Gasteiger partial charge on any atom is 0.410 e. The van der Waals surface area contributed by atoms with Crippen LogP contribution < -0.4 is 13.9 Å². The predicted molar refractivity (Wildman–Crippen MR) is 305 cm³/mol. The van der Waals surface area contributed by atoms with Gasteiger partial charge < -0.3 is 43.6 Å². The van der Waals surface area contributed by atoms with Crippen LogP contribution in [0.5, 0.6) is 5.75 Å². The van der Waals surface area contributed by atoms with Crippen molar-refractivity contribution in [2.24, 2.45) is 34.1 Å². The largest absolute Gasteiger partial charge is 0.491 e. The lowest BCUT2D eigenvalue weighted by Gasteiger charge is -2.27. The highest BCUT2D eigenvalue weighted by molar-refractivity contribution is 6.36. The van der Waals surface area contributed by atoms with Gasteiger partial charge in [-0.05, 0) is 137 Å². The normalized spacial score (nSPS) is 16.2. The van der Waals surface area contributed by atoms with Gasteiger partial charge in [0.25, 0.3) is 0 Å². The van der Waals surface area contributed by atoms with E-state index >= 15 is 0 Å². The zero-order valence-corrected chi connectivity index (χ0v) is 46.0. The molecule has 0 radical (unpaired) electrons. The Kier molecular flexibility index (Phi) is 16.6. The summed E-state index contributed by atoms with van der Waals surface area (Å²) in [6.45, 7) is 13.1. The topological polar surface area (TPSA) is 163 Å². The molecule has 16 heteroatoms. The van der Waals surface area contributed by atoms with Crippen molar-refractivity contribution in [3.05, 3.63) is 203 Å². The van der Waals surface area contributed by atoms with Gasteiger partial charge in [0, 0.05) is 90.5 Å². The third-order valence-corrected chi connectivity index (χ3v) is 12.7. The first-order chi connectivity index (χ1) is 37.4. The van der Waals surface area contributed by atoms with E-state index in [1.54, 1.807) is 0 Å². The molecule has 0 saturated heterocycles. The van der Waals surface area contributed by atoms with Crippen LogP contribution in [-0.4, -0.2) is 120 Å². The maximum absolute atomic E-state index is 12.9. The number of amides is 1. The molecule has 1 aromatic carbocycles. The lowest BCUT2D eigenvalue weighted by molar-refractivity contribution is -0.671. The number of hydrogen-bond donors (Lipinski definition) is 2. The number of nitrogens with zero attached hydrogens (tertiary/aromatic N) is 8. The molecule has 8 bridgehead atoms. The summed E-state index contributed by atoms with van der Waals surface area (Å²) >= 11 is 0. The third kappa shape index (κ3) is 13.7. The summed E-state index contributed by atoms with van der Waals surface area (Å²) in [5, 5.41) is 10.0. The number of nitrogens with one attached hydrogen (secondary N) is 1. The Morgan fingerprint density at radius 2 is 1.06 bits per heavy atom. The Balaban J connectivity index is 0.942. The lowest BCUT2D eigenvalue weighted by Crippen LogP contribution is -2.40. The monoisotopic (exact) mass is 1050 g/mol. The molecule has 0 aliphatic carbocycles. The number of aliphatic hydroxyl groups excluding tert-OH is 1. The van der Waals surface area contributed by atoms with Gasteiger partial charge >= 0.3 is 12.2 Å². The summed E-state index contributed by atoms with van der Waals surface area (Å²) in [7, 11) is 6.04. The fourth-order valence-electron chi connectivity index (χ4n) is 8.97. The Morgan fingerprint density at radius 3 is 1.60 bits per heavy atom. The first-order valence-corrected chi connectivity index (χ1v) is 26.2. The number of benzene rings is 1. The van der Waals surface area contributed by atoms with Crippen LogP contribution in [0.25, 0.3) is 16.7 Å². The molecule has 1 amide bonds. The van der Waals surface area contributed by atoms with Gasteiger partial charge in [0.15, 0.2) is 24.8 Å². The van der Waals surface area contributed by atoms with E-state index < -0.39 is 23.4 Å². The van der Waals surface area contributed by atoms with E-state index in [1.165, 1.54) is 4.90 Å². The van der Waals surface area contributed by atoms with E-state index in [9.17, 15) is 9.90 Å². The molecule has 16 nitrogen and oxygen atoms in total. The molecule has 3 aromatic heterocycles. The van der Waals surface area contributed by atoms with E-state index in [-0.39, 0.29) is 26.2 Å². The van der Waals surface area contributed by atoms with Crippen LogP contribution in [0.1, 0.15) is 69.6 Å². The first-order valence-electron chi connectivity index (χ1n) is 26.2. The molecule has 4 aromatic rings. The van der Waals surface area contributed by atoms with Crippen LogP contribution in [0.4, 0.5) is 4.79 Å². The van der Waals surface area contributed by atoms with E-state index in [4.69, 9.17) is 38.7 Å². The van der Waals surface area contributed by atoms with Gasteiger partial charge in [-0.3, -0.25) is 0 Å². The number of ether oxygens (including phenoxy) is 5. The van der Waals surface area contributed by atoms with Gasteiger partial charge in [0.05, 0.1) is 67.2 Å². The van der Waals surface area contributed by atoms with E-state index in [0.29, 0.717) is 32.2 Å². The average Bonchev–Trinajstić information content (AvgIpc) is 4.30. The van der Waals surface area contributed by atoms with Crippen molar-refractivity contribution in [2.45, 2.75) is 52.7 Å². The SMILES string of the molecule is CN1C=CC(=C2C3=NC(=C(c4cc[n+](C)cc4)C4=NC(=C(c5ccc(OCCOCCOCCN(CCN=C(O)OC(C)(C)C)C(=O)OC(C)(C)C)cc5)c5ccc([nH]5)C(c5cc[n+](C)cc5)=C5C=CC2=N5)C=C4)C=C3)C=C1. The summed E-state index contributed by atoms with van der Waals surface area (Å²) in [5.41, 5.74) is 13.1. The molecule has 0 unspecified atom stereocenters. The molecule has 0 fully saturated rings. The number of aromatic nitrogens is 3. The second-order valence-electron chi connectivity index (χ2n) is 21.1. The molecule has 78 heavy (non-hydrogen) atoms. The highest BCUT2D eigenvalue weighted by Gasteiger charge is 2.28. The summed E-state index contributed by atoms with van der Waals surface area (Å²) < 4.78 is 32.8. The van der Waals surface area contributed by atoms with Crippen molar-refractivity contribution in [1.29, 1.82) is 0 Å². The average molecular weight is 1050 g/mol. The fraction of sp³-hybridized carbons (Fsp3) is 0.306. The number of carbonyl (C=O) groups excluding carboxylic acids is 1. The van der Waals surface area contributed by atoms with Gasteiger partial charge in [-0.15, -0.1) is 0 Å². The molecule has 9 rings (SSSR count). The number of allylic oxidation sites excluding steroid dienone is 11. The number of hydrogen-bond acceptors (Lipinski definition) is 11. The van der Waals surface area contributed by atoms with Crippen molar-refractivity contribution in [3.63, 3.8) is 0 Å². The molecule has 5 aliphatic heterocycles. The molecule has 2 N–H and O–H groups in total. The zero-order chi connectivity index (χ0) is 55.0. The summed E-state index contributed by atoms with van der Waals surface area (Å²) in [5.74, 6) is 0.693. The van der Waals surface area contributed by atoms with Crippen molar-refractivity contribution in [3.8, 4) is 5.75 Å². The van der Waals surface area contributed by atoms with Gasteiger partial charge in [-0.2, -0.15) is 0 Å². The van der Waals surface area contributed by atoms with Gasteiger partial charge in [-0.25, -0.2) is 33.9 Å². The second kappa shape index (κ2) is 23.8. The number of aliphatic hydroxyl groups is 1. The number of aromatic amines is 1. The van der Waals surface area contributed by atoms with Crippen LogP contribution in [0.2, 0.25) is 0 Å². The lowest BCUT2D eigenvalue weighted by atomic mass is 9.97. The number of aryl methyl sites for hydroxylation is 2. The van der Waals surface area contributed by atoms with Crippen molar-refractivity contribution in [2.75, 3.05) is 59.7 Å². The minimum atomic E-state index is -0.676. The third-order valence-electron chi connectivity index (χ3n) is 12.7. The molecule has 0 saturated carbocycles. The Bertz CT molecular complexity index is 3310. The van der Waals surface area contributed by atoms with Crippen molar-refractivity contribution < 1.29 is 42.7 Å². The summed E-state index contributed by atoms with van der Waals surface area (Å²) in [4.78, 5) is 40.6. The number of aliphatic imine (C=N–C) groups is 4. The van der Waals surface area contributed by atoms with Crippen LogP contribution >= 0.6 is 0 Å². The Morgan fingerprint density at radius 1 is 0.590 bits per heavy atom. The fourth-order valence-corrected chi connectivity index (χ4v) is 8.97. The quantitative estimate of drug-likeness (QED) is 0.0486. The number of carbonyl (C=O) groups is 1. The van der Waals surface area contributed by atoms with Gasteiger partial charge in [-0.1, -0.05) is 12.1 Å². The second-order valence-corrected chi connectivity index (χ2v) is 21.1. The summed E-state index contributed by atoms with van der Waals surface area (Å²) in [6, 6.07) is 20.7. The zero-order valence-electron chi connectivity index (χ0n) is 46.0. The van der Waals surface area contributed by atoms with E-state index in [1.807, 2.05) is 114 Å². The van der Waals surface area contributed by atoms with Gasteiger partial charge in [0.2, 0.25) is 0 Å². The number of rotatable bonds is 16. The van der Waals surface area contributed by atoms with Crippen molar-refractivity contribution in [1.82, 2.24) is 14.8 Å². The van der Waals surface area contributed by atoms with Crippen LogP contribution in [0, 0.1) is 0 Å². The standard InChI is InChI=1S/C62H68N9O7/c1-61(2,3)77-59(72)63-28-35-71(60(73)78-62(4,5)6)36-37-74-38-39-75-40-41-76-46-12-10-42(11-13-46)55-47-14-16-49(64-47)56(43-22-29-68(7)30-23-43)51-18-20-53(66-51)58(45-26-33-70(9)34-27-45)54-21-19-52(67-54)57(50-17-15-48(55)65-50)44-24-31-69(8)32-25-44/h10-27,29-34H,28,35-41H2,1-9H3,(H-,63,64,65,66,67,72)/q+1/p+1. The molecule has 402 valence electrons. The van der Waals surface area contributed by atoms with Crippen LogP contribution in [0.15, 0.2) is 195 Å². The van der Waals surface area contributed by atoms with Crippen LogP contribution in [0.3, 0.4) is 0 Å². The molecule has 8 heterocycles. The van der Waals surface area contributed by atoms with E-state index in [0.717, 1.165) is 90.2 Å². The minimum Gasteiger partial charge on any atom is -0.491 e.